The molecular formula is C17H23N3. The first-order chi connectivity index (χ1) is 9.66. The predicted octanol–water partition coefficient (Wildman–Crippen LogP) is 4.12. The van der Waals surface area contributed by atoms with E-state index in [1.54, 1.807) is 0 Å². The lowest BCUT2D eigenvalue weighted by molar-refractivity contribution is 0.435. The highest BCUT2D eigenvalue weighted by atomic mass is 15.3. The van der Waals surface area contributed by atoms with Gasteiger partial charge in [-0.05, 0) is 37.8 Å². The Morgan fingerprint density at radius 3 is 2.40 bits per heavy atom. The van der Waals surface area contributed by atoms with Crippen LogP contribution in [-0.2, 0) is 0 Å². The van der Waals surface area contributed by atoms with Gasteiger partial charge in [-0.2, -0.15) is 5.10 Å². The topological polar surface area (TPSA) is 43.8 Å². The Morgan fingerprint density at radius 2 is 1.75 bits per heavy atom. The molecule has 1 heterocycles. The Bertz CT molecular complexity index is 586. The fourth-order valence-corrected chi connectivity index (χ4v) is 3.33. The zero-order valence-electron chi connectivity index (χ0n) is 12.4. The molecule has 3 heteroatoms. The number of hydrogen-bond acceptors (Lipinski definition) is 2. The van der Waals surface area contributed by atoms with Crippen molar-refractivity contribution >= 4 is 5.82 Å². The first-order valence-electron chi connectivity index (χ1n) is 7.59. The first-order valence-corrected chi connectivity index (χ1v) is 7.59. The summed E-state index contributed by atoms with van der Waals surface area (Å²) in [6.45, 7) is 4.23. The minimum Gasteiger partial charge on any atom is -0.384 e. The van der Waals surface area contributed by atoms with E-state index in [9.17, 15) is 0 Å². The Kier molecular flexibility index (Phi) is 3.51. The lowest BCUT2D eigenvalue weighted by Crippen LogP contribution is -2.08. The Balaban J connectivity index is 2.00. The van der Waals surface area contributed by atoms with Crippen LogP contribution in [0.15, 0.2) is 24.3 Å². The molecule has 1 aromatic carbocycles. The van der Waals surface area contributed by atoms with Crippen LogP contribution in [0.3, 0.4) is 0 Å². The molecule has 1 aliphatic carbocycles. The zero-order valence-corrected chi connectivity index (χ0v) is 12.4. The molecule has 0 aliphatic heterocycles. The third-order valence-corrected chi connectivity index (χ3v) is 4.43. The molecule has 106 valence electrons. The maximum absolute atomic E-state index is 6.22. The van der Waals surface area contributed by atoms with Crippen molar-refractivity contribution < 1.29 is 0 Å². The van der Waals surface area contributed by atoms with Gasteiger partial charge in [-0.25, -0.2) is 4.68 Å². The second-order valence-corrected chi connectivity index (χ2v) is 5.98. The van der Waals surface area contributed by atoms with Gasteiger partial charge in [0.25, 0.3) is 0 Å². The number of anilines is 1. The van der Waals surface area contributed by atoms with Gasteiger partial charge in [-0.3, -0.25) is 0 Å². The minimum absolute atomic E-state index is 0.594. The minimum atomic E-state index is 0.594. The highest BCUT2D eigenvalue weighted by molar-refractivity contribution is 5.52. The van der Waals surface area contributed by atoms with Crippen molar-refractivity contribution in [2.24, 2.45) is 0 Å². The fourth-order valence-electron chi connectivity index (χ4n) is 3.33. The fraction of sp³-hybridized carbons (Fsp3) is 0.471. The smallest absolute Gasteiger partial charge is 0.127 e. The van der Waals surface area contributed by atoms with Gasteiger partial charge in [0, 0.05) is 12.0 Å². The number of nitrogens with two attached hydrogens (primary N) is 1. The summed E-state index contributed by atoms with van der Waals surface area (Å²) < 4.78 is 1.93. The van der Waals surface area contributed by atoms with Crippen LogP contribution in [0.25, 0.3) is 5.69 Å². The molecule has 2 aromatic rings. The Labute approximate surface area is 120 Å². The van der Waals surface area contributed by atoms with Crippen LogP contribution >= 0.6 is 0 Å². The molecule has 1 aromatic heterocycles. The molecule has 0 unspecified atom stereocenters. The maximum Gasteiger partial charge on any atom is 0.127 e. The Hall–Kier alpha value is -1.77. The first kappa shape index (κ1) is 13.2. The van der Waals surface area contributed by atoms with E-state index in [1.807, 2.05) is 4.68 Å². The van der Waals surface area contributed by atoms with E-state index in [2.05, 4.69) is 38.1 Å². The number of benzene rings is 1. The monoisotopic (exact) mass is 269 g/mol. The third kappa shape index (κ3) is 2.33. The molecule has 0 spiro atoms. The second-order valence-electron chi connectivity index (χ2n) is 5.98. The molecule has 20 heavy (non-hydrogen) atoms. The summed E-state index contributed by atoms with van der Waals surface area (Å²) in [7, 11) is 0. The molecule has 0 radical (unpaired) electrons. The molecule has 0 bridgehead atoms. The van der Waals surface area contributed by atoms with Gasteiger partial charge >= 0.3 is 0 Å². The molecule has 1 fully saturated rings. The molecular weight excluding hydrogens is 246 g/mol. The van der Waals surface area contributed by atoms with Gasteiger partial charge in [-0.15, -0.1) is 0 Å². The summed E-state index contributed by atoms with van der Waals surface area (Å²) in [6, 6.07) is 8.38. The van der Waals surface area contributed by atoms with Crippen LogP contribution in [0.1, 0.15) is 54.8 Å². The standard InChI is InChI=1S/C17H23N3/c1-12-7-6-8-13(2)17(12)20-16(18)11-15(19-20)14-9-4-3-5-10-14/h6-8,11,14H,3-5,9-10,18H2,1-2H3. The van der Waals surface area contributed by atoms with E-state index in [1.165, 1.54) is 48.9 Å². The van der Waals surface area contributed by atoms with Crippen molar-refractivity contribution in [3.63, 3.8) is 0 Å². The average Bonchev–Trinajstić information content (AvgIpc) is 2.82. The molecule has 3 rings (SSSR count). The molecule has 0 saturated heterocycles. The van der Waals surface area contributed by atoms with Gasteiger partial charge in [0.05, 0.1) is 11.4 Å². The highest BCUT2D eigenvalue weighted by Gasteiger charge is 2.20. The number of rotatable bonds is 2. The van der Waals surface area contributed by atoms with Crippen LogP contribution in [0.4, 0.5) is 5.82 Å². The Morgan fingerprint density at radius 1 is 1.10 bits per heavy atom. The van der Waals surface area contributed by atoms with Crippen LogP contribution < -0.4 is 5.73 Å². The number of nitrogens with zero attached hydrogens (tertiary/aromatic N) is 2. The largest absolute Gasteiger partial charge is 0.384 e. The van der Waals surface area contributed by atoms with E-state index in [4.69, 9.17) is 10.8 Å². The van der Waals surface area contributed by atoms with Gasteiger partial charge in [0.1, 0.15) is 5.82 Å². The highest BCUT2D eigenvalue weighted by Crippen LogP contribution is 2.33. The van der Waals surface area contributed by atoms with Crippen LogP contribution in [0.2, 0.25) is 0 Å². The molecule has 0 amide bonds. The predicted molar refractivity (Wildman–Crippen MR) is 83.3 cm³/mol. The van der Waals surface area contributed by atoms with Crippen molar-refractivity contribution in [3.05, 3.63) is 41.1 Å². The van der Waals surface area contributed by atoms with Crippen molar-refractivity contribution in [3.8, 4) is 5.69 Å². The van der Waals surface area contributed by atoms with Crippen molar-refractivity contribution in [2.45, 2.75) is 51.9 Å². The summed E-state index contributed by atoms with van der Waals surface area (Å²) in [4.78, 5) is 0. The van der Waals surface area contributed by atoms with Gasteiger partial charge in [-0.1, -0.05) is 37.5 Å². The zero-order chi connectivity index (χ0) is 14.1. The van der Waals surface area contributed by atoms with Crippen LogP contribution in [-0.4, -0.2) is 9.78 Å². The number of para-hydroxylation sites is 1. The van der Waals surface area contributed by atoms with Crippen molar-refractivity contribution in [1.82, 2.24) is 9.78 Å². The molecule has 3 nitrogen and oxygen atoms in total. The summed E-state index contributed by atoms with van der Waals surface area (Å²) in [5, 5.41) is 4.82. The van der Waals surface area contributed by atoms with E-state index in [0.717, 1.165) is 11.5 Å². The van der Waals surface area contributed by atoms with Crippen LogP contribution in [0.5, 0.6) is 0 Å². The van der Waals surface area contributed by atoms with Gasteiger partial charge in [0.15, 0.2) is 0 Å². The van der Waals surface area contributed by atoms with Gasteiger partial charge < -0.3 is 5.73 Å². The maximum atomic E-state index is 6.22. The summed E-state index contributed by atoms with van der Waals surface area (Å²) in [6.07, 6.45) is 6.51. The van der Waals surface area contributed by atoms with Gasteiger partial charge in [0.2, 0.25) is 0 Å². The molecule has 0 atom stereocenters. The molecule has 2 N–H and O–H groups in total. The lowest BCUT2D eigenvalue weighted by Gasteiger charge is -2.19. The average molecular weight is 269 g/mol. The van der Waals surface area contributed by atoms with E-state index in [-0.39, 0.29) is 0 Å². The van der Waals surface area contributed by atoms with Crippen LogP contribution in [0, 0.1) is 13.8 Å². The number of hydrogen-bond donors (Lipinski definition) is 1. The van der Waals surface area contributed by atoms with Crippen molar-refractivity contribution in [2.75, 3.05) is 5.73 Å². The summed E-state index contributed by atoms with van der Waals surface area (Å²) >= 11 is 0. The third-order valence-electron chi connectivity index (χ3n) is 4.43. The molecule has 1 aliphatic rings. The molecule has 1 saturated carbocycles. The number of nitrogen functional groups attached to an aromatic ring is 1. The van der Waals surface area contributed by atoms with E-state index < -0.39 is 0 Å². The summed E-state index contributed by atoms with van der Waals surface area (Å²) in [5.74, 6) is 1.35. The number of aromatic nitrogens is 2. The second kappa shape index (κ2) is 5.31. The quantitative estimate of drug-likeness (QED) is 0.891. The van der Waals surface area contributed by atoms with Crippen molar-refractivity contribution in [1.29, 1.82) is 0 Å². The SMILES string of the molecule is Cc1cccc(C)c1-n1nc(C2CCCCC2)cc1N. The lowest BCUT2D eigenvalue weighted by atomic mass is 9.87. The summed E-state index contributed by atoms with van der Waals surface area (Å²) in [5.41, 5.74) is 11.0. The van der Waals surface area contributed by atoms with E-state index in [0.29, 0.717) is 5.92 Å². The normalized spacial score (nSPS) is 16.5. The van der Waals surface area contributed by atoms with E-state index >= 15 is 0 Å². The number of aryl methyl sites for hydroxylation is 2.